The van der Waals surface area contributed by atoms with Crippen LogP contribution in [0.25, 0.3) is 0 Å². The van der Waals surface area contributed by atoms with E-state index in [2.05, 4.69) is 10.4 Å². The van der Waals surface area contributed by atoms with Crippen molar-refractivity contribution >= 4 is 40.7 Å². The Morgan fingerprint density at radius 1 is 1.36 bits per heavy atom. The van der Waals surface area contributed by atoms with Gasteiger partial charge in [0, 0.05) is 12.3 Å². The summed E-state index contributed by atoms with van der Waals surface area (Å²) >= 11 is 13.9. The van der Waals surface area contributed by atoms with Gasteiger partial charge in [0.05, 0.1) is 21.6 Å². The van der Waals surface area contributed by atoms with E-state index in [4.69, 9.17) is 33.2 Å². The molecular formula is C14H12Cl2N4OS. The number of nitrogens with zero attached hydrogens (tertiary/aromatic N) is 3. The van der Waals surface area contributed by atoms with Crippen molar-refractivity contribution in [2.45, 2.75) is 0 Å². The van der Waals surface area contributed by atoms with E-state index >= 15 is 0 Å². The van der Waals surface area contributed by atoms with E-state index < -0.39 is 0 Å². The fourth-order valence-corrected chi connectivity index (χ4v) is 2.55. The molecule has 8 heteroatoms. The number of benzene rings is 1. The highest BCUT2D eigenvalue weighted by atomic mass is 35.5. The minimum atomic E-state index is 0.320. The molecule has 1 heterocycles. The van der Waals surface area contributed by atoms with Crippen LogP contribution in [0.1, 0.15) is 0 Å². The van der Waals surface area contributed by atoms with Crippen LogP contribution in [-0.2, 0) is 0 Å². The van der Waals surface area contributed by atoms with E-state index in [-0.39, 0.29) is 0 Å². The lowest BCUT2D eigenvalue weighted by Gasteiger charge is -2.18. The third-order valence-electron chi connectivity index (χ3n) is 2.49. The SMILES string of the molecule is CSCN(C#N)Nc1cc(Cl)c(Oc2ccccn2)c(Cl)c1. The van der Waals surface area contributed by atoms with E-state index in [0.29, 0.717) is 33.2 Å². The minimum absolute atomic E-state index is 0.320. The number of anilines is 1. The maximum atomic E-state index is 9.01. The minimum Gasteiger partial charge on any atom is -0.436 e. The number of rotatable bonds is 6. The van der Waals surface area contributed by atoms with Crippen molar-refractivity contribution in [1.29, 1.82) is 5.26 Å². The molecule has 2 aromatic rings. The zero-order chi connectivity index (χ0) is 15.9. The van der Waals surface area contributed by atoms with Crippen LogP contribution in [0.4, 0.5) is 5.69 Å². The first-order valence-electron chi connectivity index (χ1n) is 6.15. The van der Waals surface area contributed by atoms with Gasteiger partial charge < -0.3 is 4.74 Å². The lowest BCUT2D eigenvalue weighted by Crippen LogP contribution is -2.23. The molecule has 0 fully saturated rings. The molecule has 1 N–H and O–H groups in total. The summed E-state index contributed by atoms with van der Waals surface area (Å²) < 4.78 is 5.59. The largest absolute Gasteiger partial charge is 0.436 e. The summed E-state index contributed by atoms with van der Waals surface area (Å²) in [4.78, 5) is 4.06. The molecular weight excluding hydrogens is 343 g/mol. The number of halogens is 2. The smallest absolute Gasteiger partial charge is 0.219 e. The highest BCUT2D eigenvalue weighted by Gasteiger charge is 2.12. The van der Waals surface area contributed by atoms with E-state index in [0.717, 1.165) is 0 Å². The Kier molecular flexibility index (Phi) is 6.01. The topological polar surface area (TPSA) is 61.2 Å². The number of ether oxygens (including phenoxy) is 1. The average Bonchev–Trinajstić information content (AvgIpc) is 2.51. The van der Waals surface area contributed by atoms with E-state index in [1.165, 1.54) is 16.8 Å². The molecule has 0 atom stereocenters. The molecule has 0 saturated carbocycles. The second kappa shape index (κ2) is 7.99. The number of hydrazine groups is 1. The van der Waals surface area contributed by atoms with Gasteiger partial charge in [-0.15, -0.1) is 11.8 Å². The second-order valence-corrected chi connectivity index (χ2v) is 5.75. The monoisotopic (exact) mass is 354 g/mol. The Balaban J connectivity index is 2.20. The molecule has 114 valence electrons. The third kappa shape index (κ3) is 4.34. The van der Waals surface area contributed by atoms with Crippen molar-refractivity contribution in [1.82, 2.24) is 9.99 Å². The van der Waals surface area contributed by atoms with E-state index in [9.17, 15) is 0 Å². The molecule has 0 bridgehead atoms. The number of nitriles is 1. The van der Waals surface area contributed by atoms with Crippen LogP contribution in [0.3, 0.4) is 0 Å². The Bertz CT molecular complexity index is 655. The zero-order valence-corrected chi connectivity index (χ0v) is 13.9. The molecule has 0 spiro atoms. The molecule has 0 saturated heterocycles. The predicted molar refractivity (Wildman–Crippen MR) is 90.2 cm³/mol. The lowest BCUT2D eigenvalue weighted by atomic mass is 10.3. The molecule has 22 heavy (non-hydrogen) atoms. The third-order valence-corrected chi connectivity index (χ3v) is 3.56. The number of aromatic nitrogens is 1. The fraction of sp³-hybridized carbons (Fsp3) is 0.143. The first kappa shape index (κ1) is 16.6. The summed E-state index contributed by atoms with van der Waals surface area (Å²) in [5.74, 6) is 1.21. The molecule has 5 nitrogen and oxygen atoms in total. The number of hydrogen-bond donors (Lipinski definition) is 1. The van der Waals surface area contributed by atoms with Crippen LogP contribution in [0.2, 0.25) is 10.0 Å². The summed E-state index contributed by atoms with van der Waals surface area (Å²) in [5.41, 5.74) is 3.51. The maximum absolute atomic E-state index is 9.01. The predicted octanol–water partition coefficient (Wildman–Crippen LogP) is 4.61. The first-order chi connectivity index (χ1) is 10.6. The molecule has 0 unspecified atom stereocenters. The van der Waals surface area contributed by atoms with Gasteiger partial charge >= 0.3 is 0 Å². The Hall–Kier alpha value is -1.81. The quantitative estimate of drug-likeness (QED) is 0.353. The number of hydrogen-bond acceptors (Lipinski definition) is 6. The summed E-state index contributed by atoms with van der Waals surface area (Å²) in [6, 6.07) is 8.56. The average molecular weight is 355 g/mol. The van der Waals surface area contributed by atoms with Crippen LogP contribution in [0.5, 0.6) is 11.6 Å². The van der Waals surface area contributed by atoms with Gasteiger partial charge in [0.15, 0.2) is 5.75 Å². The van der Waals surface area contributed by atoms with Crippen LogP contribution < -0.4 is 10.2 Å². The standard InChI is InChI=1S/C14H12Cl2N4OS/c1-22-9-20(8-17)19-10-6-11(15)14(12(16)7-10)21-13-4-2-3-5-18-13/h2-7,19H,9H2,1H3. The van der Waals surface area contributed by atoms with Crippen molar-refractivity contribution in [3.05, 3.63) is 46.6 Å². The molecule has 0 aliphatic rings. The molecule has 0 aliphatic heterocycles. The van der Waals surface area contributed by atoms with Gasteiger partial charge in [-0.25, -0.2) is 9.99 Å². The molecule has 1 aromatic heterocycles. The van der Waals surface area contributed by atoms with Crippen LogP contribution >= 0.6 is 35.0 Å². The van der Waals surface area contributed by atoms with E-state index in [1.54, 1.807) is 36.5 Å². The Labute approximate surface area is 142 Å². The first-order valence-corrected chi connectivity index (χ1v) is 8.30. The van der Waals surface area contributed by atoms with Crippen molar-refractivity contribution in [3.8, 4) is 17.8 Å². The number of thioether (sulfide) groups is 1. The van der Waals surface area contributed by atoms with Crippen LogP contribution in [-0.4, -0.2) is 22.1 Å². The van der Waals surface area contributed by atoms with Crippen molar-refractivity contribution in [2.24, 2.45) is 0 Å². The summed E-state index contributed by atoms with van der Waals surface area (Å²) in [7, 11) is 0. The highest BCUT2D eigenvalue weighted by Crippen LogP contribution is 2.38. The molecule has 1 aromatic carbocycles. The Morgan fingerprint density at radius 3 is 2.64 bits per heavy atom. The zero-order valence-electron chi connectivity index (χ0n) is 11.6. The molecule has 0 amide bonds. The van der Waals surface area contributed by atoms with Gasteiger partial charge in [-0.05, 0) is 24.5 Å². The van der Waals surface area contributed by atoms with Gasteiger partial charge in [-0.2, -0.15) is 5.26 Å². The maximum Gasteiger partial charge on any atom is 0.219 e. The van der Waals surface area contributed by atoms with Gasteiger partial charge in [-0.3, -0.25) is 5.43 Å². The second-order valence-electron chi connectivity index (χ2n) is 4.10. The van der Waals surface area contributed by atoms with Gasteiger partial charge in [0.25, 0.3) is 0 Å². The van der Waals surface area contributed by atoms with Crippen LogP contribution in [0, 0.1) is 11.5 Å². The van der Waals surface area contributed by atoms with Crippen molar-refractivity contribution < 1.29 is 4.74 Å². The summed E-state index contributed by atoms with van der Waals surface area (Å²) in [5, 5.41) is 11.0. The fourth-order valence-electron chi connectivity index (χ4n) is 1.61. The lowest BCUT2D eigenvalue weighted by molar-refractivity contribution is 0.463. The molecule has 0 aliphatic carbocycles. The highest BCUT2D eigenvalue weighted by molar-refractivity contribution is 7.98. The Morgan fingerprint density at radius 2 is 2.09 bits per heavy atom. The summed E-state index contributed by atoms with van der Waals surface area (Å²) in [6.07, 6.45) is 5.53. The van der Waals surface area contributed by atoms with Crippen molar-refractivity contribution in [3.63, 3.8) is 0 Å². The number of nitrogens with one attached hydrogen (secondary N) is 1. The van der Waals surface area contributed by atoms with Crippen molar-refractivity contribution in [2.75, 3.05) is 17.6 Å². The van der Waals surface area contributed by atoms with Gasteiger partial charge in [0.2, 0.25) is 12.1 Å². The van der Waals surface area contributed by atoms with Crippen LogP contribution in [0.15, 0.2) is 36.5 Å². The van der Waals surface area contributed by atoms with Gasteiger partial charge in [-0.1, -0.05) is 29.3 Å². The number of pyridine rings is 1. The summed E-state index contributed by atoms with van der Waals surface area (Å²) in [6.45, 7) is 0. The van der Waals surface area contributed by atoms with E-state index in [1.807, 2.05) is 12.4 Å². The molecule has 0 radical (unpaired) electrons. The normalized spacial score (nSPS) is 9.91. The van der Waals surface area contributed by atoms with Gasteiger partial charge in [0.1, 0.15) is 0 Å². The molecule has 2 rings (SSSR count).